The number of aromatic nitrogens is 1. The van der Waals surface area contributed by atoms with Gasteiger partial charge >= 0.3 is 0 Å². The lowest BCUT2D eigenvalue weighted by molar-refractivity contribution is -0.00801. The SMILES string of the molecule is CCC1(O)CCN(S(=O)(=O)c2c(Cl)cncc2Cl)CC1. The molecule has 20 heavy (non-hydrogen) atoms. The van der Waals surface area contributed by atoms with E-state index < -0.39 is 15.6 Å². The van der Waals surface area contributed by atoms with Crippen molar-refractivity contribution in [1.29, 1.82) is 0 Å². The largest absolute Gasteiger partial charge is 0.390 e. The van der Waals surface area contributed by atoms with Crippen molar-refractivity contribution in [1.82, 2.24) is 9.29 Å². The van der Waals surface area contributed by atoms with Crippen molar-refractivity contribution in [3.8, 4) is 0 Å². The molecule has 0 unspecified atom stereocenters. The van der Waals surface area contributed by atoms with Gasteiger partial charge in [-0.3, -0.25) is 4.98 Å². The Hall–Kier alpha value is -0.400. The topological polar surface area (TPSA) is 70.5 Å². The summed E-state index contributed by atoms with van der Waals surface area (Å²) >= 11 is 11.8. The molecule has 112 valence electrons. The molecule has 1 aromatic rings. The summed E-state index contributed by atoms with van der Waals surface area (Å²) in [4.78, 5) is 3.64. The van der Waals surface area contributed by atoms with Gasteiger partial charge in [-0.2, -0.15) is 4.31 Å². The Kier molecular flexibility index (Phi) is 4.61. The van der Waals surface area contributed by atoms with E-state index in [1.807, 2.05) is 6.92 Å². The summed E-state index contributed by atoms with van der Waals surface area (Å²) in [5, 5.41) is 10.2. The average Bonchev–Trinajstić information content (AvgIpc) is 2.39. The Morgan fingerprint density at radius 2 is 1.80 bits per heavy atom. The number of hydrogen-bond donors (Lipinski definition) is 1. The van der Waals surface area contributed by atoms with Gasteiger partial charge in [0.15, 0.2) is 0 Å². The van der Waals surface area contributed by atoms with Gasteiger partial charge in [-0.15, -0.1) is 0 Å². The van der Waals surface area contributed by atoms with Crippen LogP contribution in [0.1, 0.15) is 26.2 Å². The van der Waals surface area contributed by atoms with Gasteiger partial charge in [-0.25, -0.2) is 8.42 Å². The van der Waals surface area contributed by atoms with Gasteiger partial charge in [0, 0.05) is 25.5 Å². The molecule has 0 aliphatic carbocycles. The highest BCUT2D eigenvalue weighted by Crippen LogP contribution is 2.34. The molecule has 5 nitrogen and oxygen atoms in total. The molecule has 1 aromatic heterocycles. The maximum Gasteiger partial charge on any atom is 0.246 e. The first-order chi connectivity index (χ1) is 9.30. The molecule has 1 aliphatic rings. The summed E-state index contributed by atoms with van der Waals surface area (Å²) in [7, 11) is -3.76. The van der Waals surface area contributed by atoms with Crippen LogP contribution in [0.3, 0.4) is 0 Å². The van der Waals surface area contributed by atoms with E-state index in [9.17, 15) is 13.5 Å². The number of piperidine rings is 1. The lowest BCUT2D eigenvalue weighted by Crippen LogP contribution is -2.46. The smallest absolute Gasteiger partial charge is 0.246 e. The number of rotatable bonds is 3. The third-order valence-electron chi connectivity index (χ3n) is 3.72. The van der Waals surface area contributed by atoms with Crippen LogP contribution in [0.4, 0.5) is 0 Å². The number of pyridine rings is 1. The lowest BCUT2D eigenvalue weighted by atomic mass is 9.90. The van der Waals surface area contributed by atoms with E-state index in [1.165, 1.54) is 16.7 Å². The van der Waals surface area contributed by atoms with Crippen LogP contribution >= 0.6 is 23.2 Å². The van der Waals surface area contributed by atoms with Crippen molar-refractivity contribution in [3.63, 3.8) is 0 Å². The van der Waals surface area contributed by atoms with E-state index in [1.54, 1.807) is 0 Å². The maximum absolute atomic E-state index is 12.6. The van der Waals surface area contributed by atoms with Gasteiger partial charge in [0.2, 0.25) is 10.0 Å². The van der Waals surface area contributed by atoms with Crippen molar-refractivity contribution >= 4 is 33.2 Å². The fourth-order valence-corrected chi connectivity index (χ4v) is 4.74. The van der Waals surface area contributed by atoms with Gasteiger partial charge in [0.05, 0.1) is 15.6 Å². The molecule has 8 heteroatoms. The molecule has 1 aliphatic heterocycles. The summed E-state index contributed by atoms with van der Waals surface area (Å²) in [6.45, 7) is 2.39. The Balaban J connectivity index is 2.29. The Morgan fingerprint density at radius 3 is 2.25 bits per heavy atom. The van der Waals surface area contributed by atoms with Gasteiger partial charge in [-0.05, 0) is 19.3 Å². The Morgan fingerprint density at radius 1 is 1.30 bits per heavy atom. The summed E-state index contributed by atoms with van der Waals surface area (Å²) in [6, 6.07) is 0. The first-order valence-corrected chi connectivity index (χ1v) is 8.51. The fourth-order valence-electron chi connectivity index (χ4n) is 2.27. The van der Waals surface area contributed by atoms with E-state index in [-0.39, 0.29) is 28.0 Å². The van der Waals surface area contributed by atoms with Crippen molar-refractivity contribution in [3.05, 3.63) is 22.4 Å². The monoisotopic (exact) mass is 338 g/mol. The van der Waals surface area contributed by atoms with Crippen molar-refractivity contribution < 1.29 is 13.5 Å². The molecule has 0 atom stereocenters. The third kappa shape index (κ3) is 2.94. The second-order valence-electron chi connectivity index (χ2n) is 4.91. The maximum atomic E-state index is 12.6. The van der Waals surface area contributed by atoms with E-state index >= 15 is 0 Å². The second kappa shape index (κ2) is 5.77. The van der Waals surface area contributed by atoms with Crippen LogP contribution in [0.2, 0.25) is 10.0 Å². The van der Waals surface area contributed by atoms with Gasteiger partial charge in [0.1, 0.15) is 4.90 Å². The molecular formula is C12H16Cl2N2O3S. The standard InChI is InChI=1S/C12H16Cl2N2O3S/c1-2-12(17)3-5-16(6-4-12)20(18,19)11-9(13)7-15-8-10(11)14/h7-8,17H,2-6H2,1H3. The molecule has 0 amide bonds. The summed E-state index contributed by atoms with van der Waals surface area (Å²) in [5.74, 6) is 0. The zero-order valence-corrected chi connectivity index (χ0v) is 13.3. The van der Waals surface area contributed by atoms with Crippen LogP contribution < -0.4 is 0 Å². The van der Waals surface area contributed by atoms with E-state index in [2.05, 4.69) is 4.98 Å². The number of hydrogen-bond acceptors (Lipinski definition) is 4. The van der Waals surface area contributed by atoms with Crippen LogP contribution in [0.15, 0.2) is 17.3 Å². The van der Waals surface area contributed by atoms with E-state index in [0.29, 0.717) is 19.3 Å². The van der Waals surface area contributed by atoms with Crippen molar-refractivity contribution in [2.75, 3.05) is 13.1 Å². The fraction of sp³-hybridized carbons (Fsp3) is 0.583. The minimum Gasteiger partial charge on any atom is -0.390 e. The molecule has 2 heterocycles. The van der Waals surface area contributed by atoms with Crippen LogP contribution in [0.5, 0.6) is 0 Å². The van der Waals surface area contributed by atoms with Crippen molar-refractivity contribution in [2.24, 2.45) is 0 Å². The molecule has 0 aromatic carbocycles. The van der Waals surface area contributed by atoms with Gasteiger partial charge < -0.3 is 5.11 Å². The highest BCUT2D eigenvalue weighted by atomic mass is 35.5. The lowest BCUT2D eigenvalue weighted by Gasteiger charge is -2.37. The Labute approximate surface area is 128 Å². The number of halogens is 2. The third-order valence-corrected chi connectivity index (χ3v) is 6.52. The van der Waals surface area contributed by atoms with E-state index in [0.717, 1.165) is 0 Å². The van der Waals surface area contributed by atoms with Crippen LogP contribution in [0.25, 0.3) is 0 Å². The normalized spacial score (nSPS) is 20.0. The minimum atomic E-state index is -3.76. The first-order valence-electron chi connectivity index (χ1n) is 6.32. The highest BCUT2D eigenvalue weighted by Gasteiger charge is 2.37. The molecule has 0 radical (unpaired) electrons. The Bertz CT molecular complexity index is 578. The molecule has 0 bridgehead atoms. The zero-order chi connectivity index (χ0) is 15.0. The van der Waals surface area contributed by atoms with Crippen LogP contribution in [0, 0.1) is 0 Å². The molecule has 1 fully saturated rings. The van der Waals surface area contributed by atoms with Crippen molar-refractivity contribution in [2.45, 2.75) is 36.7 Å². The number of aliphatic hydroxyl groups is 1. The molecular weight excluding hydrogens is 323 g/mol. The molecule has 0 spiro atoms. The quantitative estimate of drug-likeness (QED) is 0.917. The number of nitrogens with zero attached hydrogens (tertiary/aromatic N) is 2. The average molecular weight is 339 g/mol. The minimum absolute atomic E-state index is 0.00817. The zero-order valence-electron chi connectivity index (χ0n) is 11.0. The molecule has 2 rings (SSSR count). The summed E-state index contributed by atoms with van der Waals surface area (Å²) in [5.41, 5.74) is -0.780. The summed E-state index contributed by atoms with van der Waals surface area (Å²) < 4.78 is 26.5. The van der Waals surface area contributed by atoms with Crippen LogP contribution in [-0.2, 0) is 10.0 Å². The first kappa shape index (κ1) is 16.0. The van der Waals surface area contributed by atoms with E-state index in [4.69, 9.17) is 23.2 Å². The highest BCUT2D eigenvalue weighted by molar-refractivity contribution is 7.89. The number of sulfonamides is 1. The molecule has 0 saturated carbocycles. The van der Waals surface area contributed by atoms with Gasteiger partial charge in [0.25, 0.3) is 0 Å². The second-order valence-corrected chi connectivity index (χ2v) is 7.60. The molecule has 1 N–H and O–H groups in total. The summed E-state index contributed by atoms with van der Waals surface area (Å²) in [6.07, 6.45) is 3.93. The van der Waals surface area contributed by atoms with Crippen LogP contribution in [-0.4, -0.2) is 41.5 Å². The van der Waals surface area contributed by atoms with Gasteiger partial charge in [-0.1, -0.05) is 30.1 Å². The predicted molar refractivity (Wildman–Crippen MR) is 77.5 cm³/mol. The molecule has 1 saturated heterocycles. The predicted octanol–water partition coefficient (Wildman–Crippen LogP) is 2.31.